The average Bonchev–Trinajstić information content (AvgIpc) is 2.53. The Morgan fingerprint density at radius 3 is 3.08 bits per heavy atom. The van der Waals surface area contributed by atoms with Gasteiger partial charge < -0.3 is 4.79 Å². The minimum Gasteiger partial charge on any atom is -0.303 e. The van der Waals surface area contributed by atoms with Crippen LogP contribution in [0.2, 0.25) is 0 Å². The van der Waals surface area contributed by atoms with Crippen molar-refractivity contribution < 1.29 is 4.79 Å². The van der Waals surface area contributed by atoms with Gasteiger partial charge in [-0.1, -0.05) is 0 Å². The van der Waals surface area contributed by atoms with E-state index in [-0.39, 0.29) is 0 Å². The van der Waals surface area contributed by atoms with Crippen LogP contribution < -0.4 is 0 Å². The lowest BCUT2D eigenvalue weighted by Crippen LogP contribution is -1.92. The number of carbonyl (C=O) groups is 1. The highest BCUT2D eigenvalue weighted by Gasteiger charge is 1.95. The van der Waals surface area contributed by atoms with E-state index in [9.17, 15) is 4.79 Å². The van der Waals surface area contributed by atoms with Crippen molar-refractivity contribution in [2.45, 2.75) is 32.7 Å². The van der Waals surface area contributed by atoms with E-state index in [1.54, 1.807) is 0 Å². The van der Waals surface area contributed by atoms with Gasteiger partial charge in [0.05, 0.1) is 6.20 Å². The van der Waals surface area contributed by atoms with Gasteiger partial charge >= 0.3 is 0 Å². The number of nitrogens with zero attached hydrogens (tertiary/aromatic N) is 2. The summed E-state index contributed by atoms with van der Waals surface area (Å²) < 4.78 is 1.90. The molecule has 0 amide bonds. The fourth-order valence-corrected chi connectivity index (χ4v) is 1.10. The van der Waals surface area contributed by atoms with Crippen molar-refractivity contribution in [3.8, 4) is 0 Å². The second-order valence-corrected chi connectivity index (χ2v) is 2.76. The molecule has 0 spiro atoms. The summed E-state index contributed by atoms with van der Waals surface area (Å²) in [7, 11) is 0. The maximum absolute atomic E-state index is 10.0. The van der Waals surface area contributed by atoms with E-state index in [1.807, 2.05) is 17.1 Å². The van der Waals surface area contributed by atoms with E-state index in [2.05, 4.69) is 12.0 Å². The van der Waals surface area contributed by atoms with Gasteiger partial charge in [-0.3, -0.25) is 4.68 Å². The summed E-state index contributed by atoms with van der Waals surface area (Å²) >= 11 is 0. The first kappa shape index (κ1) is 8.97. The molecule has 0 fully saturated rings. The summed E-state index contributed by atoms with van der Waals surface area (Å²) in [6.45, 7) is 2.97. The molecule has 0 aromatic carbocycles. The zero-order valence-corrected chi connectivity index (χ0v) is 7.36. The van der Waals surface area contributed by atoms with Gasteiger partial charge in [-0.25, -0.2) is 0 Å². The Hall–Kier alpha value is -1.12. The summed E-state index contributed by atoms with van der Waals surface area (Å²) in [5.74, 6) is 0. The van der Waals surface area contributed by atoms with Crippen molar-refractivity contribution in [1.82, 2.24) is 9.78 Å². The van der Waals surface area contributed by atoms with Gasteiger partial charge in [-0.2, -0.15) is 5.10 Å². The minimum absolute atomic E-state index is 0.650. The largest absolute Gasteiger partial charge is 0.303 e. The molecular formula is C9H14N2O. The molecule has 1 rings (SSSR count). The molecule has 1 aromatic heterocycles. The number of carbonyl (C=O) groups excluding carboxylic acids is 1. The number of aldehydes is 1. The number of unbranched alkanes of at least 4 members (excludes halogenated alkanes) is 1. The molecule has 3 heteroatoms. The summed E-state index contributed by atoms with van der Waals surface area (Å²) in [5.41, 5.74) is 1.22. The molecule has 0 N–H and O–H groups in total. The smallest absolute Gasteiger partial charge is 0.120 e. The Bertz CT molecular complexity index is 242. The predicted octanol–water partition coefficient (Wildman–Crippen LogP) is 1.42. The van der Waals surface area contributed by atoms with Crippen LogP contribution in [0, 0.1) is 0 Å². The van der Waals surface area contributed by atoms with Crippen molar-refractivity contribution in [1.29, 1.82) is 0 Å². The Morgan fingerprint density at radius 1 is 1.67 bits per heavy atom. The predicted molar refractivity (Wildman–Crippen MR) is 46.9 cm³/mol. The Morgan fingerprint density at radius 2 is 2.50 bits per heavy atom. The van der Waals surface area contributed by atoms with Crippen LogP contribution in [0.15, 0.2) is 12.4 Å². The molecule has 0 aliphatic carbocycles. The molecule has 0 unspecified atom stereocenters. The number of aromatic nitrogens is 2. The van der Waals surface area contributed by atoms with Crippen LogP contribution in [0.5, 0.6) is 0 Å². The van der Waals surface area contributed by atoms with Crippen LogP contribution in [-0.4, -0.2) is 16.1 Å². The second-order valence-electron chi connectivity index (χ2n) is 2.76. The summed E-state index contributed by atoms with van der Waals surface area (Å²) in [6, 6.07) is 0. The number of aryl methyl sites for hydroxylation is 2. The van der Waals surface area contributed by atoms with Crippen molar-refractivity contribution >= 4 is 6.29 Å². The summed E-state index contributed by atoms with van der Waals surface area (Å²) in [4.78, 5) is 10.0. The maximum atomic E-state index is 10.0. The fraction of sp³-hybridized carbons (Fsp3) is 0.556. The minimum atomic E-state index is 0.650. The third-order valence-electron chi connectivity index (χ3n) is 1.80. The Kier molecular flexibility index (Phi) is 3.51. The van der Waals surface area contributed by atoms with Crippen LogP contribution >= 0.6 is 0 Å². The van der Waals surface area contributed by atoms with Crippen molar-refractivity contribution in [2.24, 2.45) is 0 Å². The first-order chi connectivity index (χ1) is 5.86. The Balaban J connectivity index is 2.36. The lowest BCUT2D eigenvalue weighted by molar-refractivity contribution is -0.107. The monoisotopic (exact) mass is 166 g/mol. The fourth-order valence-electron chi connectivity index (χ4n) is 1.10. The van der Waals surface area contributed by atoms with E-state index in [0.29, 0.717) is 6.42 Å². The average molecular weight is 166 g/mol. The van der Waals surface area contributed by atoms with E-state index in [0.717, 1.165) is 25.7 Å². The van der Waals surface area contributed by atoms with Gasteiger partial charge in [0.15, 0.2) is 0 Å². The molecule has 0 saturated heterocycles. The molecule has 0 saturated carbocycles. The highest BCUT2D eigenvalue weighted by Crippen LogP contribution is 2.02. The number of hydrogen-bond acceptors (Lipinski definition) is 2. The van der Waals surface area contributed by atoms with E-state index in [1.165, 1.54) is 5.56 Å². The zero-order chi connectivity index (χ0) is 8.81. The molecule has 0 aliphatic rings. The van der Waals surface area contributed by atoms with Crippen LogP contribution in [0.1, 0.15) is 25.3 Å². The molecule has 3 nitrogen and oxygen atoms in total. The van der Waals surface area contributed by atoms with Gasteiger partial charge in [-0.05, 0) is 25.3 Å². The lowest BCUT2D eigenvalue weighted by atomic mass is 10.2. The maximum Gasteiger partial charge on any atom is 0.120 e. The van der Waals surface area contributed by atoms with Gasteiger partial charge in [-0.15, -0.1) is 0 Å². The molecule has 0 radical (unpaired) electrons. The molecule has 1 heterocycles. The number of rotatable bonds is 5. The Labute approximate surface area is 72.4 Å². The third-order valence-corrected chi connectivity index (χ3v) is 1.80. The number of hydrogen-bond donors (Lipinski definition) is 0. The van der Waals surface area contributed by atoms with Crippen LogP contribution in [0.3, 0.4) is 0 Å². The van der Waals surface area contributed by atoms with E-state index >= 15 is 0 Å². The third kappa shape index (κ3) is 2.49. The molecule has 66 valence electrons. The van der Waals surface area contributed by atoms with Gasteiger partial charge in [0.2, 0.25) is 0 Å². The molecular weight excluding hydrogens is 152 g/mol. The first-order valence-electron chi connectivity index (χ1n) is 4.31. The topological polar surface area (TPSA) is 34.9 Å². The first-order valence-corrected chi connectivity index (χ1v) is 4.31. The lowest BCUT2D eigenvalue weighted by Gasteiger charge is -1.92. The van der Waals surface area contributed by atoms with Crippen molar-refractivity contribution in [2.75, 3.05) is 0 Å². The highest BCUT2D eigenvalue weighted by molar-refractivity contribution is 5.49. The normalized spacial score (nSPS) is 10.1. The van der Waals surface area contributed by atoms with Gasteiger partial charge in [0.1, 0.15) is 6.29 Å². The molecule has 0 bridgehead atoms. The molecule has 0 atom stereocenters. The summed E-state index contributed by atoms with van der Waals surface area (Å²) in [6.07, 6.45) is 7.40. The molecule has 0 aliphatic heterocycles. The molecule has 12 heavy (non-hydrogen) atoms. The van der Waals surface area contributed by atoms with E-state index < -0.39 is 0 Å². The van der Waals surface area contributed by atoms with Gasteiger partial charge in [0, 0.05) is 19.2 Å². The van der Waals surface area contributed by atoms with E-state index in [4.69, 9.17) is 0 Å². The standard InChI is InChI=1S/C9H14N2O/c1-2-11-8-9(7-10-11)5-3-4-6-12/h6-8H,2-5H2,1H3. The SMILES string of the molecule is CCn1cc(CCCC=O)cn1. The second kappa shape index (κ2) is 4.70. The van der Waals surface area contributed by atoms with Crippen LogP contribution in [-0.2, 0) is 17.8 Å². The van der Waals surface area contributed by atoms with Crippen LogP contribution in [0.4, 0.5) is 0 Å². The van der Waals surface area contributed by atoms with Crippen LogP contribution in [0.25, 0.3) is 0 Å². The molecule has 1 aromatic rings. The highest BCUT2D eigenvalue weighted by atomic mass is 16.1. The quantitative estimate of drug-likeness (QED) is 0.490. The zero-order valence-electron chi connectivity index (χ0n) is 7.36. The summed E-state index contributed by atoms with van der Waals surface area (Å²) in [5, 5.41) is 4.14. The van der Waals surface area contributed by atoms with Crippen molar-refractivity contribution in [3.05, 3.63) is 18.0 Å². The van der Waals surface area contributed by atoms with Gasteiger partial charge in [0.25, 0.3) is 0 Å². The van der Waals surface area contributed by atoms with Crippen molar-refractivity contribution in [3.63, 3.8) is 0 Å².